The van der Waals surface area contributed by atoms with Crippen LogP contribution in [0.1, 0.15) is 37.3 Å². The van der Waals surface area contributed by atoms with Gasteiger partial charge in [0.2, 0.25) is 0 Å². The van der Waals surface area contributed by atoms with Crippen LogP contribution in [0.4, 0.5) is 8.78 Å². The maximum absolute atomic E-state index is 13.5. The molecule has 1 fully saturated rings. The van der Waals surface area contributed by atoms with Crippen molar-refractivity contribution >= 4 is 28.6 Å². The highest BCUT2D eigenvalue weighted by Crippen LogP contribution is 2.35. The number of halogens is 2. The van der Waals surface area contributed by atoms with Crippen LogP contribution in [-0.4, -0.2) is 60.6 Å². The number of nitrogens with zero attached hydrogens (tertiary/aromatic N) is 2. The first-order valence-electron chi connectivity index (χ1n) is 13.1. The molecule has 2 aromatic carbocycles. The standard InChI is InChI=1S/C29H35F2N3O4S/c1-37-23-4-6-27-26(17-23)25(7-9-32-27)28(33-38-2)5-3-19-8-10-34(18-20(19)13-29(35)36)11-12-39-24-15-21(30)14-22(31)16-24/h4,6-7,9,14-17,19-20,28,33H,3,5,8,10-13,18H2,1-2H3,(H,35,36)/t19-,20+,28-/m1/s1. The van der Waals surface area contributed by atoms with Gasteiger partial charge in [-0.25, -0.2) is 8.78 Å². The molecule has 2 N–H and O–H groups in total. The van der Waals surface area contributed by atoms with Crippen LogP contribution in [0.25, 0.3) is 10.9 Å². The van der Waals surface area contributed by atoms with Crippen LogP contribution in [0.2, 0.25) is 0 Å². The molecular weight excluding hydrogens is 524 g/mol. The van der Waals surface area contributed by atoms with Crippen LogP contribution >= 0.6 is 11.8 Å². The summed E-state index contributed by atoms with van der Waals surface area (Å²) in [5.74, 6) is -0.264. The van der Waals surface area contributed by atoms with Crippen LogP contribution in [0, 0.1) is 23.5 Å². The molecule has 10 heteroatoms. The zero-order valence-electron chi connectivity index (χ0n) is 22.2. The summed E-state index contributed by atoms with van der Waals surface area (Å²) in [6, 6.07) is 11.2. The van der Waals surface area contributed by atoms with E-state index in [0.717, 1.165) is 60.6 Å². The van der Waals surface area contributed by atoms with Crippen LogP contribution in [0.5, 0.6) is 5.75 Å². The Hall–Kier alpha value is -2.79. The number of piperidine rings is 1. The third-order valence-corrected chi connectivity index (χ3v) is 8.32. The summed E-state index contributed by atoms with van der Waals surface area (Å²) < 4.78 is 32.4. The molecule has 0 saturated carbocycles. The predicted octanol–water partition coefficient (Wildman–Crippen LogP) is 5.70. The van der Waals surface area contributed by atoms with E-state index >= 15 is 0 Å². The lowest BCUT2D eigenvalue weighted by molar-refractivity contribution is -0.139. The summed E-state index contributed by atoms with van der Waals surface area (Å²) in [7, 11) is 3.23. The Labute approximate surface area is 231 Å². The number of hydrogen-bond acceptors (Lipinski definition) is 7. The van der Waals surface area contributed by atoms with Crippen molar-refractivity contribution in [2.75, 3.05) is 39.6 Å². The second kappa shape index (κ2) is 14.0. The molecule has 3 atom stereocenters. The van der Waals surface area contributed by atoms with Gasteiger partial charge in [-0.15, -0.1) is 11.8 Å². The van der Waals surface area contributed by atoms with Gasteiger partial charge in [0.05, 0.1) is 25.8 Å². The van der Waals surface area contributed by atoms with Crippen LogP contribution in [0.3, 0.4) is 0 Å². The maximum Gasteiger partial charge on any atom is 0.303 e. The monoisotopic (exact) mass is 559 g/mol. The Morgan fingerprint density at radius 1 is 1.18 bits per heavy atom. The molecule has 3 aromatic rings. The Balaban J connectivity index is 1.39. The molecule has 1 aliphatic heterocycles. The van der Waals surface area contributed by atoms with Gasteiger partial charge in [0.25, 0.3) is 0 Å². The molecular formula is C29H35F2N3O4S. The zero-order valence-corrected chi connectivity index (χ0v) is 23.1. The fourth-order valence-electron chi connectivity index (χ4n) is 5.48. The number of carbonyl (C=O) groups is 1. The molecule has 4 rings (SSSR count). The van der Waals surface area contributed by atoms with Gasteiger partial charge in [-0.1, -0.05) is 0 Å². The summed E-state index contributed by atoms with van der Waals surface area (Å²) in [5.41, 5.74) is 5.05. The first-order chi connectivity index (χ1) is 18.9. The predicted molar refractivity (Wildman–Crippen MR) is 148 cm³/mol. The number of benzene rings is 2. The molecule has 0 radical (unpaired) electrons. The number of thioether (sulfide) groups is 1. The number of aromatic nitrogens is 1. The van der Waals surface area contributed by atoms with Crippen molar-refractivity contribution in [3.8, 4) is 5.75 Å². The molecule has 0 aliphatic carbocycles. The summed E-state index contributed by atoms with van der Waals surface area (Å²) >= 11 is 1.40. The number of rotatable bonds is 13. The van der Waals surface area contributed by atoms with E-state index in [1.165, 1.54) is 23.9 Å². The van der Waals surface area contributed by atoms with Crippen molar-refractivity contribution in [3.05, 3.63) is 65.9 Å². The highest BCUT2D eigenvalue weighted by atomic mass is 32.2. The number of nitrogens with one attached hydrogen (secondary N) is 1. The summed E-state index contributed by atoms with van der Waals surface area (Å²) in [5, 5.41) is 10.6. The van der Waals surface area contributed by atoms with E-state index in [0.29, 0.717) is 17.2 Å². The smallest absolute Gasteiger partial charge is 0.303 e. The van der Waals surface area contributed by atoms with Gasteiger partial charge in [-0.05, 0) is 79.6 Å². The molecule has 0 amide bonds. The van der Waals surface area contributed by atoms with Crippen LogP contribution < -0.4 is 10.2 Å². The number of ether oxygens (including phenoxy) is 1. The molecule has 0 spiro atoms. The van der Waals surface area contributed by atoms with Crippen LogP contribution in [0.15, 0.2) is 53.6 Å². The van der Waals surface area contributed by atoms with Crippen molar-refractivity contribution in [2.45, 2.75) is 36.6 Å². The van der Waals surface area contributed by atoms with E-state index in [1.54, 1.807) is 20.4 Å². The average molecular weight is 560 g/mol. The lowest BCUT2D eigenvalue weighted by Gasteiger charge is -2.38. The molecule has 210 valence electrons. The number of likely N-dealkylation sites (tertiary alicyclic amines) is 1. The third kappa shape index (κ3) is 8.11. The Bertz CT molecular complexity index is 1240. The van der Waals surface area contributed by atoms with Crippen molar-refractivity contribution in [1.82, 2.24) is 15.4 Å². The lowest BCUT2D eigenvalue weighted by Crippen LogP contribution is -2.42. The number of aliphatic carboxylic acids is 1. The number of carboxylic acid groups (broad SMARTS) is 1. The number of hydrogen-bond donors (Lipinski definition) is 2. The summed E-state index contributed by atoms with van der Waals surface area (Å²) in [6.45, 7) is 2.27. The lowest BCUT2D eigenvalue weighted by atomic mass is 9.79. The molecule has 0 unspecified atom stereocenters. The van der Waals surface area contributed by atoms with Crippen molar-refractivity contribution in [1.29, 1.82) is 0 Å². The fourth-order valence-corrected chi connectivity index (χ4v) is 6.45. The average Bonchev–Trinajstić information content (AvgIpc) is 2.90. The quantitative estimate of drug-likeness (QED) is 0.204. The Morgan fingerprint density at radius 2 is 1.97 bits per heavy atom. The molecule has 1 aromatic heterocycles. The Morgan fingerprint density at radius 3 is 2.69 bits per heavy atom. The molecule has 7 nitrogen and oxygen atoms in total. The highest BCUT2D eigenvalue weighted by molar-refractivity contribution is 7.99. The topological polar surface area (TPSA) is 83.9 Å². The number of methoxy groups -OCH3 is 1. The van der Waals surface area contributed by atoms with Crippen LogP contribution in [-0.2, 0) is 9.63 Å². The number of hydroxylamine groups is 1. The van der Waals surface area contributed by atoms with Crippen molar-refractivity contribution in [2.24, 2.45) is 11.8 Å². The third-order valence-electron chi connectivity index (χ3n) is 7.37. The number of carboxylic acids is 1. The SMILES string of the molecule is CON[C@H](CC[C@@H]1CCN(CCSc2cc(F)cc(F)c2)C[C@@H]1CC(=O)O)c1ccnc2ccc(OC)cc12. The largest absolute Gasteiger partial charge is 0.497 e. The van der Waals surface area contributed by atoms with E-state index in [1.807, 2.05) is 24.3 Å². The second-order valence-corrected chi connectivity index (χ2v) is 11.1. The van der Waals surface area contributed by atoms with Gasteiger partial charge in [0.15, 0.2) is 0 Å². The first-order valence-corrected chi connectivity index (χ1v) is 14.1. The molecule has 1 saturated heterocycles. The molecule has 39 heavy (non-hydrogen) atoms. The Kier molecular flexibility index (Phi) is 10.5. The second-order valence-electron chi connectivity index (χ2n) is 9.90. The minimum absolute atomic E-state index is 0.0188. The fraction of sp³-hybridized carbons (Fsp3) is 0.448. The number of pyridine rings is 1. The zero-order chi connectivity index (χ0) is 27.8. The van der Waals surface area contributed by atoms with E-state index in [2.05, 4.69) is 15.4 Å². The normalized spacial score (nSPS) is 18.8. The van der Waals surface area contributed by atoms with E-state index in [4.69, 9.17) is 9.57 Å². The van der Waals surface area contributed by atoms with Gasteiger partial charge < -0.3 is 19.6 Å². The summed E-state index contributed by atoms with van der Waals surface area (Å²) in [4.78, 5) is 24.4. The van der Waals surface area contributed by atoms with Gasteiger partial charge >= 0.3 is 5.97 Å². The van der Waals surface area contributed by atoms with E-state index < -0.39 is 17.6 Å². The van der Waals surface area contributed by atoms with Gasteiger partial charge in [-0.3, -0.25) is 9.78 Å². The van der Waals surface area contributed by atoms with Crippen molar-refractivity contribution in [3.63, 3.8) is 0 Å². The first kappa shape index (κ1) is 29.2. The molecule has 1 aliphatic rings. The highest BCUT2D eigenvalue weighted by Gasteiger charge is 2.31. The van der Waals surface area contributed by atoms with Gasteiger partial charge in [0.1, 0.15) is 17.4 Å². The van der Waals surface area contributed by atoms with E-state index in [-0.39, 0.29) is 24.3 Å². The number of fused-ring (bicyclic) bond motifs is 1. The minimum atomic E-state index is -0.796. The maximum atomic E-state index is 13.5. The molecule has 2 heterocycles. The van der Waals surface area contributed by atoms with E-state index in [9.17, 15) is 18.7 Å². The van der Waals surface area contributed by atoms with Crippen molar-refractivity contribution < 1.29 is 28.3 Å². The molecule has 0 bridgehead atoms. The van der Waals surface area contributed by atoms with Gasteiger partial charge in [0, 0.05) is 47.8 Å². The minimum Gasteiger partial charge on any atom is -0.497 e. The van der Waals surface area contributed by atoms with Gasteiger partial charge in [-0.2, -0.15) is 5.48 Å². The summed E-state index contributed by atoms with van der Waals surface area (Å²) in [6.07, 6.45) is 4.41.